The second-order valence-electron chi connectivity index (χ2n) is 6.69. The topological polar surface area (TPSA) is 85.9 Å². The van der Waals surface area contributed by atoms with Gasteiger partial charge in [0.05, 0.1) is 5.39 Å². The molecule has 0 aliphatic rings. The van der Waals surface area contributed by atoms with Crippen LogP contribution in [0.4, 0.5) is 10.6 Å². The number of nitrogens with zero attached hydrogens (tertiary/aromatic N) is 3. The monoisotopic (exact) mass is 380 g/mol. The number of carbonyl (C=O) groups is 1. The number of benzene rings is 1. The van der Waals surface area contributed by atoms with Crippen LogP contribution in [0.3, 0.4) is 0 Å². The molecule has 0 aliphatic heterocycles. The van der Waals surface area contributed by atoms with Crippen LogP contribution in [0.25, 0.3) is 22.4 Å². The number of amides is 2. The summed E-state index contributed by atoms with van der Waals surface area (Å²) in [5.41, 5.74) is 3.99. The van der Waals surface area contributed by atoms with Crippen LogP contribution in [0.15, 0.2) is 30.3 Å². The molecular weight excluding hydrogens is 352 g/mol. The molecule has 3 rings (SSSR count). The van der Waals surface area contributed by atoms with Gasteiger partial charge in [0.25, 0.3) is 0 Å². The first-order chi connectivity index (χ1) is 13.5. The molecule has 0 atom stereocenters. The summed E-state index contributed by atoms with van der Waals surface area (Å²) in [7, 11) is 0. The zero-order valence-electron chi connectivity index (χ0n) is 17.0. The lowest BCUT2D eigenvalue weighted by Gasteiger charge is -2.19. The summed E-state index contributed by atoms with van der Waals surface area (Å²) in [6.45, 7) is 10.5. The summed E-state index contributed by atoms with van der Waals surface area (Å²) in [6, 6.07) is 9.88. The maximum absolute atomic E-state index is 12.1. The average molecular weight is 380 g/mol. The van der Waals surface area contributed by atoms with Crippen LogP contribution in [0.1, 0.15) is 25.1 Å². The standard InChI is InChI=1S/C21H28N6O/c1-5-27(6-2)21(28)23-13-12-22-19-17-14(3)15(4)24-20(17)26-18(25-19)16-10-8-7-9-11-16/h7-11H,5-6,12-13H2,1-4H3,(H,23,28)(H2,22,24,25,26). The predicted molar refractivity (Wildman–Crippen MR) is 114 cm³/mol. The number of hydrogen-bond donors (Lipinski definition) is 3. The summed E-state index contributed by atoms with van der Waals surface area (Å²) in [6.07, 6.45) is 0. The molecule has 0 aliphatic carbocycles. The summed E-state index contributed by atoms with van der Waals surface area (Å²) in [5.74, 6) is 1.45. The molecule has 7 nitrogen and oxygen atoms in total. The first-order valence-electron chi connectivity index (χ1n) is 9.74. The number of carbonyl (C=O) groups excluding carboxylic acids is 1. The zero-order valence-corrected chi connectivity index (χ0v) is 17.0. The van der Waals surface area contributed by atoms with E-state index < -0.39 is 0 Å². The Morgan fingerprint density at radius 3 is 2.46 bits per heavy atom. The number of nitrogens with one attached hydrogen (secondary N) is 3. The van der Waals surface area contributed by atoms with Gasteiger partial charge in [-0.1, -0.05) is 30.3 Å². The van der Waals surface area contributed by atoms with E-state index in [2.05, 4.69) is 22.5 Å². The Bertz CT molecular complexity index is 946. The van der Waals surface area contributed by atoms with Gasteiger partial charge in [0.15, 0.2) is 5.82 Å². The van der Waals surface area contributed by atoms with E-state index in [-0.39, 0.29) is 6.03 Å². The quantitative estimate of drug-likeness (QED) is 0.546. The van der Waals surface area contributed by atoms with Crippen molar-refractivity contribution in [3.8, 4) is 11.4 Å². The van der Waals surface area contributed by atoms with E-state index in [0.717, 1.165) is 33.7 Å². The smallest absolute Gasteiger partial charge is 0.317 e. The predicted octanol–water partition coefficient (Wildman–Crippen LogP) is 3.71. The highest BCUT2D eigenvalue weighted by molar-refractivity contribution is 5.92. The van der Waals surface area contributed by atoms with E-state index in [1.54, 1.807) is 4.90 Å². The van der Waals surface area contributed by atoms with Crippen LogP contribution < -0.4 is 10.6 Å². The molecule has 0 saturated heterocycles. The summed E-state index contributed by atoms with van der Waals surface area (Å²) < 4.78 is 0. The van der Waals surface area contributed by atoms with Crippen molar-refractivity contribution < 1.29 is 4.79 Å². The molecular formula is C21H28N6O. The molecule has 0 saturated carbocycles. The van der Waals surface area contributed by atoms with Crippen LogP contribution in [0, 0.1) is 13.8 Å². The van der Waals surface area contributed by atoms with E-state index in [0.29, 0.717) is 32.0 Å². The minimum atomic E-state index is -0.0433. The van der Waals surface area contributed by atoms with Gasteiger partial charge in [-0.05, 0) is 33.3 Å². The number of H-pyrrole nitrogens is 1. The molecule has 148 valence electrons. The van der Waals surface area contributed by atoms with Gasteiger partial charge in [-0.3, -0.25) is 0 Å². The van der Waals surface area contributed by atoms with Gasteiger partial charge in [0.1, 0.15) is 11.5 Å². The third-order valence-corrected chi connectivity index (χ3v) is 4.93. The number of urea groups is 1. The highest BCUT2D eigenvalue weighted by Crippen LogP contribution is 2.28. The number of aromatic nitrogens is 3. The largest absolute Gasteiger partial charge is 0.368 e. The maximum Gasteiger partial charge on any atom is 0.317 e. The van der Waals surface area contributed by atoms with Crippen molar-refractivity contribution in [3.63, 3.8) is 0 Å². The second kappa shape index (κ2) is 8.73. The molecule has 2 heterocycles. The molecule has 7 heteroatoms. The Morgan fingerprint density at radius 2 is 1.79 bits per heavy atom. The van der Waals surface area contributed by atoms with Crippen molar-refractivity contribution in [2.24, 2.45) is 0 Å². The van der Waals surface area contributed by atoms with E-state index in [1.807, 2.05) is 51.1 Å². The number of hydrogen-bond acceptors (Lipinski definition) is 4. The summed E-state index contributed by atoms with van der Waals surface area (Å²) in [4.78, 5) is 26.7. The highest BCUT2D eigenvalue weighted by Gasteiger charge is 2.15. The first-order valence-corrected chi connectivity index (χ1v) is 9.74. The van der Waals surface area contributed by atoms with E-state index in [4.69, 9.17) is 9.97 Å². The Kier molecular flexibility index (Phi) is 6.13. The number of fused-ring (bicyclic) bond motifs is 1. The normalized spacial score (nSPS) is 10.9. The molecule has 0 unspecified atom stereocenters. The summed E-state index contributed by atoms with van der Waals surface area (Å²) >= 11 is 0. The molecule has 1 aromatic carbocycles. The average Bonchev–Trinajstić information content (AvgIpc) is 3.00. The molecule has 28 heavy (non-hydrogen) atoms. The maximum atomic E-state index is 12.1. The van der Waals surface area contributed by atoms with E-state index in [1.165, 1.54) is 0 Å². The Hall–Kier alpha value is -3.09. The minimum Gasteiger partial charge on any atom is -0.368 e. The van der Waals surface area contributed by atoms with Crippen molar-refractivity contribution in [3.05, 3.63) is 41.6 Å². The fourth-order valence-electron chi connectivity index (χ4n) is 3.18. The summed E-state index contributed by atoms with van der Waals surface area (Å²) in [5, 5.41) is 7.31. The molecule has 3 N–H and O–H groups in total. The number of anilines is 1. The van der Waals surface area contributed by atoms with Gasteiger partial charge >= 0.3 is 6.03 Å². The number of rotatable bonds is 7. The zero-order chi connectivity index (χ0) is 20.1. The SMILES string of the molecule is CCN(CC)C(=O)NCCNc1nc(-c2ccccc2)nc2[nH]c(C)c(C)c12. The van der Waals surface area contributed by atoms with Crippen LogP contribution in [-0.2, 0) is 0 Å². The van der Waals surface area contributed by atoms with Crippen LogP contribution >= 0.6 is 0 Å². The van der Waals surface area contributed by atoms with Crippen LogP contribution in [-0.4, -0.2) is 52.1 Å². The Morgan fingerprint density at radius 1 is 1.07 bits per heavy atom. The molecule has 0 spiro atoms. The highest BCUT2D eigenvalue weighted by atomic mass is 16.2. The minimum absolute atomic E-state index is 0.0433. The van der Waals surface area contributed by atoms with Crippen molar-refractivity contribution in [1.29, 1.82) is 0 Å². The Labute approximate surface area is 165 Å². The first kappa shape index (κ1) is 19.7. The molecule has 0 bridgehead atoms. The second-order valence-corrected chi connectivity index (χ2v) is 6.69. The number of aryl methyl sites for hydroxylation is 2. The Balaban J connectivity index is 1.80. The number of aromatic amines is 1. The van der Waals surface area contributed by atoms with E-state index in [9.17, 15) is 4.79 Å². The van der Waals surface area contributed by atoms with E-state index >= 15 is 0 Å². The van der Waals surface area contributed by atoms with Gasteiger partial charge in [-0.25, -0.2) is 14.8 Å². The fraction of sp³-hybridized carbons (Fsp3) is 0.381. The van der Waals surface area contributed by atoms with Gasteiger partial charge in [-0.15, -0.1) is 0 Å². The molecule has 0 fully saturated rings. The third kappa shape index (κ3) is 4.08. The van der Waals surface area contributed by atoms with Crippen molar-refractivity contribution in [2.45, 2.75) is 27.7 Å². The lowest BCUT2D eigenvalue weighted by atomic mass is 10.2. The lowest BCUT2D eigenvalue weighted by molar-refractivity contribution is 0.204. The molecule has 0 radical (unpaired) electrons. The van der Waals surface area contributed by atoms with Gasteiger partial charge < -0.3 is 20.5 Å². The van der Waals surface area contributed by atoms with Crippen molar-refractivity contribution in [2.75, 3.05) is 31.5 Å². The lowest BCUT2D eigenvalue weighted by Crippen LogP contribution is -2.41. The van der Waals surface area contributed by atoms with Crippen molar-refractivity contribution in [1.82, 2.24) is 25.2 Å². The van der Waals surface area contributed by atoms with Gasteiger partial charge in [0.2, 0.25) is 0 Å². The third-order valence-electron chi connectivity index (χ3n) is 4.93. The van der Waals surface area contributed by atoms with Gasteiger partial charge in [-0.2, -0.15) is 0 Å². The molecule has 3 aromatic rings. The van der Waals surface area contributed by atoms with Crippen molar-refractivity contribution >= 4 is 22.9 Å². The molecule has 2 amide bonds. The van der Waals surface area contributed by atoms with Crippen LogP contribution in [0.5, 0.6) is 0 Å². The fourth-order valence-corrected chi connectivity index (χ4v) is 3.18. The van der Waals surface area contributed by atoms with Gasteiger partial charge in [0, 0.05) is 37.4 Å². The van der Waals surface area contributed by atoms with Crippen LogP contribution in [0.2, 0.25) is 0 Å². The molecule has 2 aromatic heterocycles.